The summed E-state index contributed by atoms with van der Waals surface area (Å²) in [4.78, 5) is 11.5. The SMILES string of the molecule is COC(=O)C1=C(C)CC2C=C[C@@H]1C2. The number of carbonyl (C=O) groups excluding carboxylic acids is 1. The summed E-state index contributed by atoms with van der Waals surface area (Å²) in [5.41, 5.74) is 2.10. The van der Waals surface area contributed by atoms with Crippen molar-refractivity contribution in [1.29, 1.82) is 0 Å². The summed E-state index contributed by atoms with van der Waals surface area (Å²) in [5, 5.41) is 0. The number of ether oxygens (including phenoxy) is 1. The lowest BCUT2D eigenvalue weighted by atomic mass is 9.82. The van der Waals surface area contributed by atoms with Crippen molar-refractivity contribution >= 4 is 5.97 Å². The third kappa shape index (κ3) is 1.30. The molecule has 2 heteroatoms. The monoisotopic (exact) mass is 178 g/mol. The van der Waals surface area contributed by atoms with Crippen LogP contribution in [0.2, 0.25) is 0 Å². The zero-order chi connectivity index (χ0) is 9.42. The predicted molar refractivity (Wildman–Crippen MR) is 50.1 cm³/mol. The summed E-state index contributed by atoms with van der Waals surface area (Å²) < 4.78 is 4.78. The Kier molecular flexibility index (Phi) is 1.98. The molecule has 0 N–H and O–H groups in total. The van der Waals surface area contributed by atoms with Crippen molar-refractivity contribution in [2.75, 3.05) is 7.11 Å². The number of carbonyl (C=O) groups is 1. The maximum atomic E-state index is 11.5. The molecule has 13 heavy (non-hydrogen) atoms. The minimum atomic E-state index is -0.146. The average molecular weight is 178 g/mol. The lowest BCUT2D eigenvalue weighted by molar-refractivity contribution is -0.136. The van der Waals surface area contributed by atoms with Gasteiger partial charge in [0.2, 0.25) is 0 Å². The maximum absolute atomic E-state index is 11.5. The number of fused-ring (bicyclic) bond motifs is 2. The number of esters is 1. The van der Waals surface area contributed by atoms with Crippen molar-refractivity contribution in [3.05, 3.63) is 23.3 Å². The van der Waals surface area contributed by atoms with Crippen LogP contribution in [0, 0.1) is 11.8 Å². The van der Waals surface area contributed by atoms with E-state index in [0.29, 0.717) is 11.8 Å². The third-order valence-corrected chi connectivity index (χ3v) is 2.98. The fraction of sp³-hybridized carbons (Fsp3) is 0.545. The molecule has 2 rings (SSSR count). The molecule has 0 fully saturated rings. The normalized spacial score (nSPS) is 30.9. The molecule has 2 aliphatic carbocycles. The molecule has 0 radical (unpaired) electrons. The molecular formula is C11H14O2. The first kappa shape index (κ1) is 8.54. The Morgan fingerprint density at radius 3 is 3.00 bits per heavy atom. The van der Waals surface area contributed by atoms with Crippen LogP contribution in [0.1, 0.15) is 19.8 Å². The number of hydrogen-bond acceptors (Lipinski definition) is 2. The van der Waals surface area contributed by atoms with Crippen LogP contribution in [0.5, 0.6) is 0 Å². The Bertz CT molecular complexity index is 299. The topological polar surface area (TPSA) is 26.3 Å². The second-order valence-corrected chi connectivity index (χ2v) is 3.88. The van der Waals surface area contributed by atoms with Gasteiger partial charge in [0.1, 0.15) is 0 Å². The summed E-state index contributed by atoms with van der Waals surface area (Å²) in [5.74, 6) is 0.845. The molecule has 2 nitrogen and oxygen atoms in total. The Hall–Kier alpha value is -1.05. The van der Waals surface area contributed by atoms with Crippen molar-refractivity contribution in [3.8, 4) is 0 Å². The van der Waals surface area contributed by atoms with Gasteiger partial charge in [-0.25, -0.2) is 4.79 Å². The zero-order valence-electron chi connectivity index (χ0n) is 8.04. The summed E-state index contributed by atoms with van der Waals surface area (Å²) in [6.45, 7) is 2.04. The summed E-state index contributed by atoms with van der Waals surface area (Å²) in [6, 6.07) is 0. The molecule has 0 aromatic heterocycles. The molecule has 0 spiro atoms. The van der Waals surface area contributed by atoms with Gasteiger partial charge in [-0.1, -0.05) is 17.7 Å². The summed E-state index contributed by atoms with van der Waals surface area (Å²) >= 11 is 0. The van der Waals surface area contributed by atoms with E-state index in [-0.39, 0.29) is 5.97 Å². The number of methoxy groups -OCH3 is 1. The van der Waals surface area contributed by atoms with Crippen molar-refractivity contribution in [2.24, 2.45) is 11.8 Å². The molecule has 0 aromatic rings. The van der Waals surface area contributed by atoms with Crippen molar-refractivity contribution in [3.63, 3.8) is 0 Å². The van der Waals surface area contributed by atoms with Crippen LogP contribution < -0.4 is 0 Å². The molecule has 2 bridgehead atoms. The lowest BCUT2D eigenvalue weighted by Gasteiger charge is -2.22. The third-order valence-electron chi connectivity index (χ3n) is 2.98. The van der Waals surface area contributed by atoms with Crippen LogP contribution in [-0.4, -0.2) is 13.1 Å². The van der Waals surface area contributed by atoms with Gasteiger partial charge >= 0.3 is 5.97 Å². The second kappa shape index (κ2) is 3.02. The number of allylic oxidation sites excluding steroid dienone is 3. The largest absolute Gasteiger partial charge is 0.466 e. The Morgan fingerprint density at radius 1 is 1.54 bits per heavy atom. The van der Waals surface area contributed by atoms with Crippen LogP contribution in [-0.2, 0) is 9.53 Å². The highest BCUT2D eigenvalue weighted by Crippen LogP contribution is 2.40. The number of rotatable bonds is 1. The molecular weight excluding hydrogens is 164 g/mol. The van der Waals surface area contributed by atoms with E-state index in [0.717, 1.165) is 18.4 Å². The predicted octanol–water partition coefficient (Wildman–Crippen LogP) is 2.07. The van der Waals surface area contributed by atoms with Gasteiger partial charge in [0, 0.05) is 11.5 Å². The highest BCUT2D eigenvalue weighted by atomic mass is 16.5. The molecule has 0 saturated carbocycles. The Labute approximate surface area is 78.3 Å². The molecule has 1 unspecified atom stereocenters. The molecule has 2 atom stereocenters. The van der Waals surface area contributed by atoms with Gasteiger partial charge in [-0.05, 0) is 25.7 Å². The Balaban J connectivity index is 2.32. The fourth-order valence-electron chi connectivity index (χ4n) is 2.40. The molecule has 0 saturated heterocycles. The van der Waals surface area contributed by atoms with Gasteiger partial charge in [-0.3, -0.25) is 0 Å². The van der Waals surface area contributed by atoms with E-state index in [4.69, 9.17) is 4.74 Å². The highest BCUT2D eigenvalue weighted by Gasteiger charge is 2.32. The summed E-state index contributed by atoms with van der Waals surface area (Å²) in [6.07, 6.45) is 6.50. The van der Waals surface area contributed by atoms with Gasteiger partial charge in [0.15, 0.2) is 0 Å². The van der Waals surface area contributed by atoms with Crippen molar-refractivity contribution in [2.45, 2.75) is 19.8 Å². The van der Waals surface area contributed by atoms with Gasteiger partial charge in [-0.15, -0.1) is 0 Å². The number of hydrogen-bond donors (Lipinski definition) is 0. The molecule has 0 aromatic carbocycles. The van der Waals surface area contributed by atoms with Crippen LogP contribution in [0.25, 0.3) is 0 Å². The smallest absolute Gasteiger partial charge is 0.334 e. The quantitative estimate of drug-likeness (QED) is 0.454. The van der Waals surface area contributed by atoms with Gasteiger partial charge in [0.05, 0.1) is 7.11 Å². The van der Waals surface area contributed by atoms with E-state index >= 15 is 0 Å². The second-order valence-electron chi connectivity index (χ2n) is 3.88. The van der Waals surface area contributed by atoms with E-state index in [1.165, 1.54) is 12.7 Å². The average Bonchev–Trinajstić information content (AvgIpc) is 2.48. The van der Waals surface area contributed by atoms with E-state index in [2.05, 4.69) is 12.2 Å². The minimum absolute atomic E-state index is 0.146. The van der Waals surface area contributed by atoms with Crippen LogP contribution in [0.15, 0.2) is 23.3 Å². The van der Waals surface area contributed by atoms with Crippen LogP contribution >= 0.6 is 0 Å². The zero-order valence-corrected chi connectivity index (χ0v) is 8.04. The first-order valence-corrected chi connectivity index (χ1v) is 4.68. The first-order chi connectivity index (χ1) is 6.22. The first-order valence-electron chi connectivity index (χ1n) is 4.68. The fourth-order valence-corrected chi connectivity index (χ4v) is 2.40. The molecule has 0 heterocycles. The maximum Gasteiger partial charge on any atom is 0.334 e. The summed E-state index contributed by atoms with van der Waals surface area (Å²) in [7, 11) is 1.45. The molecule has 0 aliphatic heterocycles. The van der Waals surface area contributed by atoms with E-state index in [1.807, 2.05) is 6.92 Å². The van der Waals surface area contributed by atoms with E-state index < -0.39 is 0 Å². The van der Waals surface area contributed by atoms with Crippen molar-refractivity contribution in [1.82, 2.24) is 0 Å². The minimum Gasteiger partial charge on any atom is -0.466 e. The molecule has 70 valence electrons. The molecule has 0 amide bonds. The van der Waals surface area contributed by atoms with Crippen LogP contribution in [0.3, 0.4) is 0 Å². The highest BCUT2D eigenvalue weighted by molar-refractivity contribution is 5.90. The van der Waals surface area contributed by atoms with Gasteiger partial charge < -0.3 is 4.74 Å². The van der Waals surface area contributed by atoms with Crippen molar-refractivity contribution < 1.29 is 9.53 Å². The van der Waals surface area contributed by atoms with Gasteiger partial charge in [0.25, 0.3) is 0 Å². The van der Waals surface area contributed by atoms with E-state index in [1.54, 1.807) is 0 Å². The van der Waals surface area contributed by atoms with Crippen LogP contribution in [0.4, 0.5) is 0 Å². The lowest BCUT2D eigenvalue weighted by Crippen LogP contribution is -2.19. The van der Waals surface area contributed by atoms with E-state index in [9.17, 15) is 4.79 Å². The Morgan fingerprint density at radius 2 is 2.31 bits per heavy atom. The standard InChI is InChI=1S/C11H14O2/c1-7-5-8-3-4-9(6-8)10(7)11(12)13-2/h3-4,8-9H,5-6H2,1-2H3/t8?,9-/m1/s1. The molecule has 2 aliphatic rings. The van der Waals surface area contributed by atoms with Gasteiger partial charge in [-0.2, -0.15) is 0 Å².